The van der Waals surface area contributed by atoms with Gasteiger partial charge in [0.25, 0.3) is 6.43 Å². The van der Waals surface area contributed by atoms with E-state index >= 15 is 0 Å². The number of aryl methyl sites for hydroxylation is 2. The molecule has 0 aliphatic heterocycles. The highest BCUT2D eigenvalue weighted by atomic mass is 19.3. The van der Waals surface area contributed by atoms with Crippen LogP contribution in [0.4, 0.5) is 19.3 Å². The van der Waals surface area contributed by atoms with Crippen LogP contribution in [0.25, 0.3) is 0 Å². The molecule has 0 fully saturated rings. The van der Waals surface area contributed by atoms with Crippen LogP contribution in [0.1, 0.15) is 35.6 Å². The molecule has 1 amide bonds. The van der Waals surface area contributed by atoms with E-state index in [1.165, 1.54) is 17.7 Å². The molecule has 2 aromatic rings. The van der Waals surface area contributed by atoms with E-state index in [-0.39, 0.29) is 22.9 Å². The van der Waals surface area contributed by atoms with Crippen LogP contribution in [0.3, 0.4) is 0 Å². The molecule has 140 valence electrons. The smallest absolute Gasteiger partial charge is 0.438 e. The normalized spacial score (nSPS) is 10.7. The molecule has 0 aromatic heterocycles. The molecule has 2 aromatic carbocycles. The summed E-state index contributed by atoms with van der Waals surface area (Å²) in [7, 11) is 1.08. The molecule has 0 spiro atoms. The van der Waals surface area contributed by atoms with Gasteiger partial charge >= 0.3 is 6.09 Å². The standard InChI is InChI=1S/C19H21F2NO4/c1-4-13-5-8-17(12(2)9-13)26-11-15-7-6-14(18(20)21)10-16(15)22(24)19(23)25-3/h5-10,18,24H,4,11H2,1-3H3. The summed E-state index contributed by atoms with van der Waals surface area (Å²) in [6.45, 7) is 3.94. The van der Waals surface area contributed by atoms with Gasteiger partial charge in [-0.2, -0.15) is 5.06 Å². The third-order valence-corrected chi connectivity index (χ3v) is 3.97. The maximum absolute atomic E-state index is 13.0. The van der Waals surface area contributed by atoms with E-state index in [1.807, 2.05) is 25.1 Å². The van der Waals surface area contributed by atoms with E-state index in [1.54, 1.807) is 0 Å². The Morgan fingerprint density at radius 2 is 1.96 bits per heavy atom. The highest BCUT2D eigenvalue weighted by Crippen LogP contribution is 2.29. The van der Waals surface area contributed by atoms with Gasteiger partial charge in [-0.05, 0) is 36.6 Å². The number of hydrogen-bond donors (Lipinski definition) is 1. The Morgan fingerprint density at radius 3 is 2.54 bits per heavy atom. The van der Waals surface area contributed by atoms with Crippen molar-refractivity contribution in [3.8, 4) is 5.75 Å². The number of nitrogens with zero attached hydrogens (tertiary/aromatic N) is 1. The second-order valence-electron chi connectivity index (χ2n) is 5.71. The number of methoxy groups -OCH3 is 1. The Bertz CT molecular complexity index is 780. The molecule has 26 heavy (non-hydrogen) atoms. The van der Waals surface area contributed by atoms with Crippen molar-refractivity contribution in [2.45, 2.75) is 33.3 Å². The first-order valence-corrected chi connectivity index (χ1v) is 8.07. The van der Waals surface area contributed by atoms with Crippen molar-refractivity contribution >= 4 is 11.8 Å². The van der Waals surface area contributed by atoms with Gasteiger partial charge in [-0.3, -0.25) is 5.21 Å². The number of anilines is 1. The summed E-state index contributed by atoms with van der Waals surface area (Å²) in [5.74, 6) is 0.633. The number of halogens is 2. The quantitative estimate of drug-likeness (QED) is 0.576. The highest BCUT2D eigenvalue weighted by Gasteiger charge is 2.20. The first-order chi connectivity index (χ1) is 12.4. The monoisotopic (exact) mass is 365 g/mol. The number of amides is 1. The fourth-order valence-corrected chi connectivity index (χ4v) is 2.47. The van der Waals surface area contributed by atoms with Crippen molar-refractivity contribution in [3.05, 3.63) is 58.7 Å². The van der Waals surface area contributed by atoms with Gasteiger partial charge in [0.1, 0.15) is 12.4 Å². The lowest BCUT2D eigenvalue weighted by molar-refractivity contribution is 0.139. The summed E-state index contributed by atoms with van der Waals surface area (Å²) in [5, 5.41) is 10.1. The van der Waals surface area contributed by atoms with Crippen molar-refractivity contribution in [3.63, 3.8) is 0 Å². The lowest BCUT2D eigenvalue weighted by atomic mass is 10.1. The average Bonchev–Trinajstić information content (AvgIpc) is 2.65. The van der Waals surface area contributed by atoms with Crippen LogP contribution < -0.4 is 9.80 Å². The zero-order chi connectivity index (χ0) is 19.3. The molecule has 0 unspecified atom stereocenters. The molecule has 0 saturated carbocycles. The fourth-order valence-electron chi connectivity index (χ4n) is 2.47. The van der Waals surface area contributed by atoms with Crippen molar-refractivity contribution in [2.24, 2.45) is 0 Å². The fraction of sp³-hybridized carbons (Fsp3) is 0.316. The second-order valence-corrected chi connectivity index (χ2v) is 5.71. The highest BCUT2D eigenvalue weighted by molar-refractivity contribution is 5.86. The van der Waals surface area contributed by atoms with Gasteiger partial charge in [0.15, 0.2) is 0 Å². The first-order valence-electron chi connectivity index (χ1n) is 8.07. The molecule has 5 nitrogen and oxygen atoms in total. The van der Waals surface area contributed by atoms with Crippen LogP contribution in [0.5, 0.6) is 5.75 Å². The van der Waals surface area contributed by atoms with Crippen molar-refractivity contribution in [1.82, 2.24) is 0 Å². The summed E-state index contributed by atoms with van der Waals surface area (Å²) < 4.78 is 36.1. The summed E-state index contributed by atoms with van der Waals surface area (Å²) in [4.78, 5) is 11.6. The summed E-state index contributed by atoms with van der Waals surface area (Å²) in [6, 6.07) is 9.42. The molecule has 0 bridgehead atoms. The molecule has 0 aliphatic carbocycles. The number of alkyl halides is 2. The molecule has 0 aliphatic rings. The van der Waals surface area contributed by atoms with Crippen molar-refractivity contribution < 1.29 is 28.3 Å². The van der Waals surface area contributed by atoms with Crippen LogP contribution in [-0.2, 0) is 17.8 Å². The first kappa shape index (κ1) is 19.7. The molecule has 0 heterocycles. The van der Waals surface area contributed by atoms with Gasteiger partial charge in [-0.1, -0.05) is 31.2 Å². The van der Waals surface area contributed by atoms with Gasteiger partial charge in [-0.25, -0.2) is 13.6 Å². The van der Waals surface area contributed by atoms with Crippen molar-refractivity contribution in [2.75, 3.05) is 12.2 Å². The Kier molecular flexibility index (Phi) is 6.52. The molecule has 1 N–H and O–H groups in total. The topological polar surface area (TPSA) is 59.0 Å². The lowest BCUT2D eigenvalue weighted by Gasteiger charge is -2.19. The number of carbonyl (C=O) groups excluding carboxylic acids is 1. The minimum Gasteiger partial charge on any atom is -0.489 e. The van der Waals surface area contributed by atoms with E-state index < -0.39 is 12.5 Å². The molecule has 0 atom stereocenters. The van der Waals surface area contributed by atoms with E-state index in [0.29, 0.717) is 11.3 Å². The largest absolute Gasteiger partial charge is 0.489 e. The van der Waals surface area contributed by atoms with E-state index in [4.69, 9.17) is 4.74 Å². The number of hydrogen-bond acceptors (Lipinski definition) is 4. The van der Waals surface area contributed by atoms with Gasteiger partial charge < -0.3 is 9.47 Å². The maximum Gasteiger partial charge on any atom is 0.438 e. The summed E-state index contributed by atoms with van der Waals surface area (Å²) >= 11 is 0. The van der Waals surface area contributed by atoms with E-state index in [0.717, 1.165) is 25.2 Å². The predicted octanol–water partition coefficient (Wildman–Crippen LogP) is 5.04. The van der Waals surface area contributed by atoms with Crippen LogP contribution in [0, 0.1) is 6.92 Å². The maximum atomic E-state index is 13.0. The Morgan fingerprint density at radius 1 is 1.23 bits per heavy atom. The van der Waals surface area contributed by atoms with Crippen LogP contribution in [0.15, 0.2) is 36.4 Å². The minimum atomic E-state index is -2.74. The number of rotatable bonds is 6. The predicted molar refractivity (Wildman–Crippen MR) is 93.0 cm³/mol. The van der Waals surface area contributed by atoms with Gasteiger partial charge in [0.05, 0.1) is 12.8 Å². The molecule has 0 radical (unpaired) electrons. The zero-order valence-corrected chi connectivity index (χ0v) is 14.8. The summed E-state index contributed by atoms with van der Waals surface area (Å²) in [5.41, 5.74) is 2.03. The molecule has 0 saturated heterocycles. The van der Waals surface area contributed by atoms with E-state index in [9.17, 15) is 18.8 Å². The molecular weight excluding hydrogens is 344 g/mol. The third kappa shape index (κ3) is 4.49. The van der Waals surface area contributed by atoms with E-state index in [2.05, 4.69) is 11.7 Å². The SMILES string of the molecule is CCc1ccc(OCc2ccc(C(F)F)cc2N(O)C(=O)OC)c(C)c1. The third-order valence-electron chi connectivity index (χ3n) is 3.97. The number of hydroxylamine groups is 1. The molecule has 2 rings (SSSR count). The Hall–Kier alpha value is -2.67. The molecular formula is C19H21F2NO4. The van der Waals surface area contributed by atoms with Crippen LogP contribution >= 0.6 is 0 Å². The van der Waals surface area contributed by atoms with Gasteiger partial charge in [0.2, 0.25) is 0 Å². The minimum absolute atomic E-state index is 0.0147. The van der Waals surface area contributed by atoms with Crippen LogP contribution in [-0.4, -0.2) is 18.4 Å². The van der Waals surface area contributed by atoms with Gasteiger partial charge in [-0.15, -0.1) is 0 Å². The molecule has 7 heteroatoms. The summed E-state index contributed by atoms with van der Waals surface area (Å²) in [6.07, 6.45) is -2.92. The second kappa shape index (κ2) is 8.62. The Labute approximate surface area is 150 Å². The van der Waals surface area contributed by atoms with Gasteiger partial charge in [0, 0.05) is 11.1 Å². The number of carbonyl (C=O) groups is 1. The zero-order valence-electron chi connectivity index (χ0n) is 14.8. The Balaban J connectivity index is 2.29. The van der Waals surface area contributed by atoms with Crippen LogP contribution in [0.2, 0.25) is 0 Å². The number of benzene rings is 2. The van der Waals surface area contributed by atoms with Crippen molar-refractivity contribution in [1.29, 1.82) is 0 Å². The average molecular weight is 365 g/mol. The lowest BCUT2D eigenvalue weighted by Crippen LogP contribution is -2.28. The number of ether oxygens (including phenoxy) is 2.